The highest BCUT2D eigenvalue weighted by Gasteiger charge is 2.48. The summed E-state index contributed by atoms with van der Waals surface area (Å²) >= 11 is 0. The fourth-order valence-corrected chi connectivity index (χ4v) is 4.29. The second-order valence-corrected chi connectivity index (χ2v) is 6.50. The summed E-state index contributed by atoms with van der Waals surface area (Å²) < 4.78 is 0. The standard InChI is InChI=1S/C15H26O2/c1-8(2)11-7-13(16)12-5-9(3)6-14(17)15(12)10(11)4/h9-17H,1,5-7H2,2-4H3/t9-,10+,11-,12?,13+,14-,15?/m0/s1. The second-order valence-electron chi connectivity index (χ2n) is 6.50. The molecule has 0 spiro atoms. The van der Waals surface area contributed by atoms with Crippen LogP contribution in [0.5, 0.6) is 0 Å². The highest BCUT2D eigenvalue weighted by Crippen LogP contribution is 2.49. The van der Waals surface area contributed by atoms with Gasteiger partial charge in [-0.3, -0.25) is 0 Å². The van der Waals surface area contributed by atoms with Crippen molar-refractivity contribution in [3.8, 4) is 0 Å². The molecule has 2 N–H and O–H groups in total. The average Bonchev–Trinajstić information content (AvgIpc) is 2.21. The smallest absolute Gasteiger partial charge is 0.0578 e. The molecule has 2 unspecified atom stereocenters. The van der Waals surface area contributed by atoms with E-state index >= 15 is 0 Å². The van der Waals surface area contributed by atoms with Gasteiger partial charge in [-0.05, 0) is 55.8 Å². The summed E-state index contributed by atoms with van der Waals surface area (Å²) in [6.45, 7) is 10.5. The maximum absolute atomic E-state index is 10.3. The van der Waals surface area contributed by atoms with Gasteiger partial charge in [0.1, 0.15) is 0 Å². The Bertz CT molecular complexity index is 299. The molecule has 0 aromatic carbocycles. The van der Waals surface area contributed by atoms with Crippen LogP contribution in [0, 0.1) is 29.6 Å². The number of fused-ring (bicyclic) bond motifs is 1. The normalized spacial score (nSPS) is 50.8. The lowest BCUT2D eigenvalue weighted by Crippen LogP contribution is -2.50. The third-order valence-electron chi connectivity index (χ3n) is 5.12. The molecule has 2 aliphatic rings. The molecule has 0 radical (unpaired) electrons. The molecule has 0 bridgehead atoms. The van der Waals surface area contributed by atoms with Crippen LogP contribution < -0.4 is 0 Å². The predicted octanol–water partition coefficient (Wildman–Crippen LogP) is 2.60. The van der Waals surface area contributed by atoms with E-state index in [1.165, 1.54) is 0 Å². The molecule has 98 valence electrons. The van der Waals surface area contributed by atoms with Crippen molar-refractivity contribution in [1.82, 2.24) is 0 Å². The van der Waals surface area contributed by atoms with E-state index in [4.69, 9.17) is 0 Å². The Morgan fingerprint density at radius 1 is 1.06 bits per heavy atom. The van der Waals surface area contributed by atoms with E-state index in [1.807, 2.05) is 6.92 Å². The minimum absolute atomic E-state index is 0.240. The largest absolute Gasteiger partial charge is 0.393 e. The molecule has 0 saturated heterocycles. The van der Waals surface area contributed by atoms with Gasteiger partial charge in [0.2, 0.25) is 0 Å². The van der Waals surface area contributed by atoms with Crippen molar-refractivity contribution in [3.05, 3.63) is 12.2 Å². The lowest BCUT2D eigenvalue weighted by Gasteiger charge is -2.50. The number of aliphatic hydroxyl groups is 2. The molecule has 7 atom stereocenters. The van der Waals surface area contributed by atoms with E-state index in [1.54, 1.807) is 0 Å². The summed E-state index contributed by atoms with van der Waals surface area (Å²) in [7, 11) is 0. The molecule has 2 rings (SSSR count). The quantitative estimate of drug-likeness (QED) is 0.689. The van der Waals surface area contributed by atoms with Gasteiger partial charge < -0.3 is 10.2 Å². The van der Waals surface area contributed by atoms with Crippen molar-refractivity contribution in [3.63, 3.8) is 0 Å². The van der Waals surface area contributed by atoms with Gasteiger partial charge in [-0.2, -0.15) is 0 Å². The first-order valence-corrected chi connectivity index (χ1v) is 6.93. The fourth-order valence-electron chi connectivity index (χ4n) is 4.29. The van der Waals surface area contributed by atoms with Crippen LogP contribution in [0.3, 0.4) is 0 Å². The van der Waals surface area contributed by atoms with Crippen LogP contribution in [0.25, 0.3) is 0 Å². The molecule has 17 heavy (non-hydrogen) atoms. The Balaban J connectivity index is 2.22. The van der Waals surface area contributed by atoms with Gasteiger partial charge in [0.05, 0.1) is 12.2 Å². The minimum atomic E-state index is -0.254. The van der Waals surface area contributed by atoms with E-state index in [9.17, 15) is 10.2 Å². The zero-order chi connectivity index (χ0) is 12.7. The third-order valence-corrected chi connectivity index (χ3v) is 5.12. The number of aliphatic hydroxyl groups excluding tert-OH is 2. The molecule has 0 aliphatic heterocycles. The Labute approximate surface area is 105 Å². The van der Waals surface area contributed by atoms with Crippen LogP contribution in [-0.2, 0) is 0 Å². The topological polar surface area (TPSA) is 40.5 Å². The Hall–Kier alpha value is -0.340. The van der Waals surface area contributed by atoms with Crippen molar-refractivity contribution in [1.29, 1.82) is 0 Å². The van der Waals surface area contributed by atoms with Crippen molar-refractivity contribution in [2.24, 2.45) is 29.6 Å². The van der Waals surface area contributed by atoms with Gasteiger partial charge in [0, 0.05) is 0 Å². The van der Waals surface area contributed by atoms with Crippen LogP contribution in [-0.4, -0.2) is 22.4 Å². The molecule has 2 nitrogen and oxygen atoms in total. The van der Waals surface area contributed by atoms with E-state index in [2.05, 4.69) is 20.4 Å². The molecule has 2 fully saturated rings. The summed E-state index contributed by atoms with van der Waals surface area (Å²) in [5.74, 6) is 1.91. The van der Waals surface area contributed by atoms with Gasteiger partial charge >= 0.3 is 0 Å². The maximum atomic E-state index is 10.3. The highest BCUT2D eigenvalue weighted by atomic mass is 16.3. The lowest BCUT2D eigenvalue weighted by atomic mass is 9.57. The molecular formula is C15H26O2. The van der Waals surface area contributed by atoms with Gasteiger partial charge in [-0.15, -0.1) is 0 Å². The molecule has 2 aliphatic carbocycles. The molecule has 2 heteroatoms. The van der Waals surface area contributed by atoms with Crippen LogP contribution in [0.1, 0.15) is 40.0 Å². The fraction of sp³-hybridized carbons (Fsp3) is 0.867. The van der Waals surface area contributed by atoms with Crippen molar-refractivity contribution >= 4 is 0 Å². The van der Waals surface area contributed by atoms with E-state index in [0.717, 1.165) is 24.8 Å². The van der Waals surface area contributed by atoms with E-state index in [0.29, 0.717) is 23.7 Å². The van der Waals surface area contributed by atoms with Crippen molar-refractivity contribution in [2.75, 3.05) is 0 Å². The maximum Gasteiger partial charge on any atom is 0.0578 e. The zero-order valence-electron chi connectivity index (χ0n) is 11.3. The molecule has 0 aromatic rings. The third kappa shape index (κ3) is 2.30. The summed E-state index contributed by atoms with van der Waals surface area (Å²) in [5.41, 5.74) is 1.15. The summed E-state index contributed by atoms with van der Waals surface area (Å²) in [6.07, 6.45) is 2.29. The summed E-state index contributed by atoms with van der Waals surface area (Å²) in [4.78, 5) is 0. The van der Waals surface area contributed by atoms with Crippen molar-refractivity contribution < 1.29 is 10.2 Å². The molecule has 0 amide bonds. The monoisotopic (exact) mass is 238 g/mol. The number of allylic oxidation sites excluding steroid dienone is 1. The second kappa shape index (κ2) is 4.74. The highest BCUT2D eigenvalue weighted by molar-refractivity contribution is 5.07. The number of rotatable bonds is 1. The number of hydrogen-bond donors (Lipinski definition) is 2. The van der Waals surface area contributed by atoms with Crippen LogP contribution in [0.15, 0.2) is 12.2 Å². The zero-order valence-corrected chi connectivity index (χ0v) is 11.3. The van der Waals surface area contributed by atoms with Crippen LogP contribution in [0.4, 0.5) is 0 Å². The molecule has 0 heterocycles. The van der Waals surface area contributed by atoms with Crippen molar-refractivity contribution in [2.45, 2.75) is 52.2 Å². The lowest BCUT2D eigenvalue weighted by molar-refractivity contribution is -0.105. The predicted molar refractivity (Wildman–Crippen MR) is 69.5 cm³/mol. The Kier molecular flexibility index (Phi) is 3.65. The molecule has 0 aromatic heterocycles. The first kappa shape index (κ1) is 13.1. The van der Waals surface area contributed by atoms with Gasteiger partial charge in [-0.25, -0.2) is 0 Å². The van der Waals surface area contributed by atoms with Gasteiger partial charge in [0.25, 0.3) is 0 Å². The summed E-state index contributed by atoms with van der Waals surface area (Å²) in [6, 6.07) is 0. The van der Waals surface area contributed by atoms with Gasteiger partial charge in [-0.1, -0.05) is 26.0 Å². The SMILES string of the molecule is C=C(C)[C@@H]1C[C@@H](O)C2C[C@H](C)C[C@H](O)C2[C@@H]1C. The molecular weight excluding hydrogens is 212 g/mol. The van der Waals surface area contributed by atoms with E-state index in [-0.39, 0.29) is 18.1 Å². The Morgan fingerprint density at radius 2 is 1.71 bits per heavy atom. The van der Waals surface area contributed by atoms with Gasteiger partial charge in [0.15, 0.2) is 0 Å². The van der Waals surface area contributed by atoms with Crippen LogP contribution >= 0.6 is 0 Å². The van der Waals surface area contributed by atoms with E-state index < -0.39 is 0 Å². The first-order valence-electron chi connectivity index (χ1n) is 6.93. The number of hydrogen-bond acceptors (Lipinski definition) is 2. The Morgan fingerprint density at radius 3 is 2.29 bits per heavy atom. The minimum Gasteiger partial charge on any atom is -0.393 e. The summed E-state index contributed by atoms with van der Waals surface area (Å²) in [5, 5.41) is 20.6. The first-order chi connectivity index (χ1) is 7.91. The molecule has 2 saturated carbocycles. The van der Waals surface area contributed by atoms with Crippen LogP contribution in [0.2, 0.25) is 0 Å². The average molecular weight is 238 g/mol.